The summed E-state index contributed by atoms with van der Waals surface area (Å²) in [4.78, 5) is 14.9. The molecule has 5 rings (SSSR count). The van der Waals surface area contributed by atoms with Gasteiger partial charge in [-0.15, -0.1) is 10.2 Å². The van der Waals surface area contributed by atoms with Crippen LogP contribution < -0.4 is 5.32 Å². The smallest absolute Gasteiger partial charge is 0.309 e. The fourth-order valence-electron chi connectivity index (χ4n) is 3.77. The number of fused-ring (bicyclic) bond motifs is 3. The number of carbonyl (C=O) groups excluding carboxylic acids is 1. The maximum Gasteiger partial charge on any atom is 0.309 e. The highest BCUT2D eigenvalue weighted by Gasteiger charge is 2.41. The van der Waals surface area contributed by atoms with E-state index in [0.29, 0.717) is 17.9 Å². The average Bonchev–Trinajstić information content (AvgIpc) is 3.09. The second kappa shape index (κ2) is 5.77. The molecule has 3 saturated heterocycles. The molecule has 2 atom stereocenters. The predicted molar refractivity (Wildman–Crippen MR) is 84.7 cm³/mol. The van der Waals surface area contributed by atoms with Crippen molar-refractivity contribution in [1.82, 2.24) is 20.4 Å². The molecule has 3 aliphatic rings. The first kappa shape index (κ1) is 14.4. The topological polar surface area (TPSA) is 71.3 Å². The summed E-state index contributed by atoms with van der Waals surface area (Å²) in [6.45, 7) is 4.45. The van der Waals surface area contributed by atoms with Crippen LogP contribution in [0.1, 0.15) is 30.5 Å². The molecule has 6 nitrogen and oxygen atoms in total. The molecule has 0 unspecified atom stereocenters. The van der Waals surface area contributed by atoms with Gasteiger partial charge in [-0.05, 0) is 50.9 Å². The number of nitrogens with one attached hydrogen (secondary N) is 1. The molecule has 0 aliphatic carbocycles. The number of hydrogen-bond acceptors (Lipinski definition) is 5. The van der Waals surface area contributed by atoms with Crippen molar-refractivity contribution in [2.24, 2.45) is 5.92 Å². The van der Waals surface area contributed by atoms with Crippen LogP contribution in [0.3, 0.4) is 0 Å². The first-order valence-electron chi connectivity index (χ1n) is 8.16. The molecule has 0 spiro atoms. The molecule has 1 aromatic carbocycles. The van der Waals surface area contributed by atoms with E-state index >= 15 is 0 Å². The summed E-state index contributed by atoms with van der Waals surface area (Å²) in [5.74, 6) is 0.686. The van der Waals surface area contributed by atoms with E-state index in [2.05, 4.69) is 27.3 Å². The molecule has 23 heavy (non-hydrogen) atoms. The van der Waals surface area contributed by atoms with Gasteiger partial charge < -0.3 is 9.73 Å². The van der Waals surface area contributed by atoms with E-state index in [0.717, 1.165) is 31.5 Å². The Labute approximate surface area is 134 Å². The molecule has 2 bridgehead atoms. The van der Waals surface area contributed by atoms with Crippen molar-refractivity contribution in [3.63, 3.8) is 0 Å². The van der Waals surface area contributed by atoms with Gasteiger partial charge in [-0.25, -0.2) is 0 Å². The molecule has 1 aromatic heterocycles. The zero-order valence-corrected chi connectivity index (χ0v) is 13.1. The lowest BCUT2D eigenvalue weighted by molar-refractivity contribution is 0.0210. The Kier molecular flexibility index (Phi) is 3.61. The van der Waals surface area contributed by atoms with Crippen LogP contribution in [-0.2, 0) is 0 Å². The van der Waals surface area contributed by atoms with Gasteiger partial charge in [0.2, 0.25) is 5.89 Å². The van der Waals surface area contributed by atoms with E-state index in [1.54, 1.807) is 0 Å². The lowest BCUT2D eigenvalue weighted by Gasteiger charge is -2.49. The molecule has 1 amide bonds. The van der Waals surface area contributed by atoms with Crippen molar-refractivity contribution in [2.45, 2.75) is 31.8 Å². The van der Waals surface area contributed by atoms with Crippen molar-refractivity contribution >= 4 is 5.91 Å². The van der Waals surface area contributed by atoms with Gasteiger partial charge in [-0.2, -0.15) is 0 Å². The standard InChI is InChI=1S/C17H20N4O2/c1-11-14(12-7-9-21(11)10-8-12)18-15(22)17-20-19-16(23-17)13-5-3-2-4-6-13/h2-6,11-12,14H,7-10H2,1H3,(H,18,22)/t11-,14-/m0/s1. The Morgan fingerprint density at radius 1 is 1.22 bits per heavy atom. The molecule has 1 N–H and O–H groups in total. The number of rotatable bonds is 3. The van der Waals surface area contributed by atoms with E-state index in [4.69, 9.17) is 4.42 Å². The SMILES string of the molecule is C[C@H]1[C@H](NC(=O)c2nnc(-c3ccccc3)o2)C2CCN1CC2. The Bertz CT molecular complexity index is 690. The minimum atomic E-state index is -0.273. The van der Waals surface area contributed by atoms with Crippen LogP contribution in [0, 0.1) is 5.92 Å². The summed E-state index contributed by atoms with van der Waals surface area (Å²) in [6.07, 6.45) is 2.29. The summed E-state index contributed by atoms with van der Waals surface area (Å²) in [7, 11) is 0. The molecular formula is C17H20N4O2. The van der Waals surface area contributed by atoms with E-state index in [1.165, 1.54) is 0 Å². The summed E-state index contributed by atoms with van der Waals surface area (Å²) >= 11 is 0. The second-order valence-corrected chi connectivity index (χ2v) is 6.39. The number of benzene rings is 1. The van der Waals surface area contributed by atoms with Gasteiger partial charge in [0, 0.05) is 17.6 Å². The molecular weight excluding hydrogens is 292 g/mol. The molecule has 120 valence electrons. The molecule has 4 heterocycles. The molecule has 2 aromatic rings. The normalized spacial score (nSPS) is 29.4. The predicted octanol–water partition coefficient (Wildman–Crippen LogP) is 1.95. The van der Waals surface area contributed by atoms with Crippen LogP contribution in [0.4, 0.5) is 0 Å². The Hall–Kier alpha value is -2.21. The Balaban J connectivity index is 1.49. The van der Waals surface area contributed by atoms with Crippen molar-refractivity contribution in [3.8, 4) is 11.5 Å². The fourth-order valence-corrected chi connectivity index (χ4v) is 3.77. The average molecular weight is 312 g/mol. The molecule has 3 aliphatic heterocycles. The number of carbonyl (C=O) groups is 1. The van der Waals surface area contributed by atoms with Gasteiger partial charge >= 0.3 is 11.8 Å². The quantitative estimate of drug-likeness (QED) is 0.938. The van der Waals surface area contributed by atoms with Crippen molar-refractivity contribution < 1.29 is 9.21 Å². The largest absolute Gasteiger partial charge is 0.412 e. The zero-order chi connectivity index (χ0) is 15.8. The first-order valence-corrected chi connectivity index (χ1v) is 8.16. The minimum absolute atomic E-state index is 0.0347. The molecule has 3 fully saturated rings. The van der Waals surface area contributed by atoms with E-state index in [1.807, 2.05) is 30.3 Å². The Morgan fingerprint density at radius 3 is 2.65 bits per heavy atom. The highest BCUT2D eigenvalue weighted by Crippen LogP contribution is 2.32. The third-order valence-electron chi connectivity index (χ3n) is 5.12. The zero-order valence-electron chi connectivity index (χ0n) is 13.1. The lowest BCUT2D eigenvalue weighted by atomic mass is 9.79. The minimum Gasteiger partial charge on any atom is -0.412 e. The van der Waals surface area contributed by atoms with Crippen LogP contribution in [0.15, 0.2) is 34.7 Å². The van der Waals surface area contributed by atoms with Crippen LogP contribution in [0.25, 0.3) is 11.5 Å². The van der Waals surface area contributed by atoms with Crippen LogP contribution >= 0.6 is 0 Å². The van der Waals surface area contributed by atoms with Crippen molar-refractivity contribution in [2.75, 3.05) is 13.1 Å². The van der Waals surface area contributed by atoms with Gasteiger partial charge in [0.05, 0.1) is 0 Å². The maximum atomic E-state index is 12.5. The number of amides is 1. The van der Waals surface area contributed by atoms with Crippen molar-refractivity contribution in [1.29, 1.82) is 0 Å². The summed E-state index contributed by atoms with van der Waals surface area (Å²) in [6, 6.07) is 10.00. The second-order valence-electron chi connectivity index (χ2n) is 6.39. The third-order valence-corrected chi connectivity index (χ3v) is 5.12. The summed E-state index contributed by atoms with van der Waals surface area (Å²) in [5.41, 5.74) is 0.815. The van der Waals surface area contributed by atoms with Gasteiger partial charge in [0.15, 0.2) is 0 Å². The van der Waals surface area contributed by atoms with Gasteiger partial charge in [0.1, 0.15) is 0 Å². The number of nitrogens with zero attached hydrogens (tertiary/aromatic N) is 3. The van der Waals surface area contributed by atoms with E-state index < -0.39 is 0 Å². The third kappa shape index (κ3) is 2.63. The fraction of sp³-hybridized carbons (Fsp3) is 0.471. The highest BCUT2D eigenvalue weighted by molar-refractivity contribution is 5.90. The van der Waals surface area contributed by atoms with Gasteiger partial charge in [-0.3, -0.25) is 9.69 Å². The van der Waals surface area contributed by atoms with Crippen molar-refractivity contribution in [3.05, 3.63) is 36.2 Å². The first-order chi connectivity index (χ1) is 11.2. The summed E-state index contributed by atoms with van der Waals surface area (Å²) in [5, 5.41) is 11.0. The number of hydrogen-bond donors (Lipinski definition) is 1. The molecule has 0 radical (unpaired) electrons. The molecule has 6 heteroatoms. The highest BCUT2D eigenvalue weighted by atomic mass is 16.4. The lowest BCUT2D eigenvalue weighted by Crippen LogP contribution is -2.62. The number of piperidine rings is 3. The van der Waals surface area contributed by atoms with Crippen LogP contribution in [0.2, 0.25) is 0 Å². The maximum absolute atomic E-state index is 12.5. The van der Waals surface area contributed by atoms with Gasteiger partial charge in [-0.1, -0.05) is 18.2 Å². The van der Waals surface area contributed by atoms with Crippen LogP contribution in [0.5, 0.6) is 0 Å². The number of aromatic nitrogens is 2. The molecule has 0 saturated carbocycles. The van der Waals surface area contributed by atoms with Gasteiger partial charge in [0.25, 0.3) is 0 Å². The van der Waals surface area contributed by atoms with Crippen LogP contribution in [-0.4, -0.2) is 46.2 Å². The Morgan fingerprint density at radius 2 is 1.96 bits per heavy atom. The summed E-state index contributed by atoms with van der Waals surface area (Å²) < 4.78 is 5.54. The monoisotopic (exact) mass is 312 g/mol. The van der Waals surface area contributed by atoms with E-state index in [9.17, 15) is 4.79 Å². The van der Waals surface area contributed by atoms with E-state index in [-0.39, 0.29) is 17.8 Å².